The fourth-order valence-corrected chi connectivity index (χ4v) is 2.70. The van der Waals surface area contributed by atoms with Crippen LogP contribution in [-0.4, -0.2) is 71.3 Å². The van der Waals surface area contributed by atoms with Crippen molar-refractivity contribution in [3.05, 3.63) is 42.0 Å². The average molecular weight is 417 g/mol. The standard InChI is InChI=1S/C22H27NO7/c1-25-21-14-17(2-4-19(21)24)16-23-18-3-5-20-22(15-18)30-13-11-28-9-7-26-6-8-27-10-12-29-20/h2-5,14-16,24H,6-13H2,1H3. The minimum atomic E-state index is 0.0833. The van der Waals surface area contributed by atoms with Gasteiger partial charge in [0.05, 0.1) is 52.4 Å². The van der Waals surface area contributed by atoms with E-state index in [9.17, 15) is 5.11 Å². The highest BCUT2D eigenvalue weighted by Gasteiger charge is 2.08. The van der Waals surface area contributed by atoms with Crippen LogP contribution in [0.5, 0.6) is 23.0 Å². The quantitative estimate of drug-likeness (QED) is 0.768. The average Bonchev–Trinajstić information content (AvgIpc) is 2.77. The molecule has 2 aromatic rings. The van der Waals surface area contributed by atoms with Crippen LogP contribution in [0.4, 0.5) is 5.69 Å². The van der Waals surface area contributed by atoms with Gasteiger partial charge in [0.25, 0.3) is 0 Å². The lowest BCUT2D eigenvalue weighted by atomic mass is 10.2. The fourth-order valence-electron chi connectivity index (χ4n) is 2.70. The van der Waals surface area contributed by atoms with Crippen LogP contribution in [0, 0.1) is 0 Å². The van der Waals surface area contributed by atoms with Crippen molar-refractivity contribution in [2.75, 3.05) is 60.0 Å². The summed E-state index contributed by atoms with van der Waals surface area (Å²) in [6.45, 7) is 3.78. The smallest absolute Gasteiger partial charge is 0.163 e. The summed E-state index contributed by atoms with van der Waals surface area (Å²) in [4.78, 5) is 4.49. The Morgan fingerprint density at radius 3 is 2.10 bits per heavy atom. The van der Waals surface area contributed by atoms with Crippen LogP contribution in [0.15, 0.2) is 41.4 Å². The van der Waals surface area contributed by atoms with Gasteiger partial charge in [0.15, 0.2) is 23.0 Å². The number of fused-ring (bicyclic) bond motifs is 1. The molecule has 0 amide bonds. The monoisotopic (exact) mass is 417 g/mol. The van der Waals surface area contributed by atoms with Crippen LogP contribution in [0.1, 0.15) is 5.56 Å². The molecule has 2 aromatic carbocycles. The summed E-state index contributed by atoms with van der Waals surface area (Å²) in [5.74, 6) is 1.68. The number of phenolic OH excluding ortho intramolecular Hbond substituents is 1. The number of nitrogens with zero attached hydrogens (tertiary/aromatic N) is 1. The van der Waals surface area contributed by atoms with E-state index >= 15 is 0 Å². The normalized spacial score (nSPS) is 16.6. The zero-order chi connectivity index (χ0) is 21.0. The molecule has 1 N–H and O–H groups in total. The SMILES string of the molecule is COc1cc(C=Nc2ccc3c(c2)OCCOCCOCCOCCO3)ccc1O. The van der Waals surface area contributed by atoms with Gasteiger partial charge in [0.2, 0.25) is 0 Å². The minimum Gasteiger partial charge on any atom is -0.504 e. The highest BCUT2D eigenvalue weighted by atomic mass is 16.6. The Morgan fingerprint density at radius 1 is 0.800 bits per heavy atom. The Hall–Kier alpha value is -2.81. The zero-order valence-electron chi connectivity index (χ0n) is 17.0. The first-order chi connectivity index (χ1) is 14.8. The number of aliphatic imine (C=N–C) groups is 1. The number of ether oxygens (including phenoxy) is 6. The summed E-state index contributed by atoms with van der Waals surface area (Å²) in [6, 6.07) is 10.5. The van der Waals surface area contributed by atoms with Crippen LogP contribution in [0.25, 0.3) is 0 Å². The van der Waals surface area contributed by atoms with E-state index < -0.39 is 0 Å². The molecule has 0 spiro atoms. The van der Waals surface area contributed by atoms with E-state index in [1.807, 2.05) is 18.2 Å². The van der Waals surface area contributed by atoms with Crippen LogP contribution in [0.3, 0.4) is 0 Å². The second-order valence-electron chi connectivity index (χ2n) is 6.35. The molecular formula is C22H27NO7. The van der Waals surface area contributed by atoms with E-state index in [1.165, 1.54) is 7.11 Å². The third kappa shape index (κ3) is 6.91. The lowest BCUT2D eigenvalue weighted by Crippen LogP contribution is -2.13. The summed E-state index contributed by atoms with van der Waals surface area (Å²) in [5.41, 5.74) is 1.50. The van der Waals surface area contributed by atoms with Gasteiger partial charge in [0, 0.05) is 12.3 Å². The molecule has 0 aliphatic carbocycles. The topological polar surface area (TPSA) is 88.0 Å². The number of phenols is 1. The van der Waals surface area contributed by atoms with Crippen molar-refractivity contribution in [2.24, 2.45) is 4.99 Å². The second-order valence-corrected chi connectivity index (χ2v) is 6.35. The van der Waals surface area contributed by atoms with Gasteiger partial charge in [-0.15, -0.1) is 0 Å². The van der Waals surface area contributed by atoms with Gasteiger partial charge >= 0.3 is 0 Å². The molecule has 1 heterocycles. The predicted octanol–water partition coefficient (Wildman–Crippen LogP) is 2.97. The first-order valence-corrected chi connectivity index (χ1v) is 9.80. The van der Waals surface area contributed by atoms with Gasteiger partial charge in [-0.05, 0) is 35.9 Å². The molecule has 162 valence electrons. The first kappa shape index (κ1) is 21.9. The van der Waals surface area contributed by atoms with Gasteiger partial charge < -0.3 is 33.5 Å². The first-order valence-electron chi connectivity index (χ1n) is 9.80. The van der Waals surface area contributed by atoms with Gasteiger partial charge in [-0.25, -0.2) is 0 Å². The van der Waals surface area contributed by atoms with Gasteiger partial charge in [0.1, 0.15) is 13.2 Å². The third-order valence-electron chi connectivity index (χ3n) is 4.21. The van der Waals surface area contributed by atoms with Crippen LogP contribution < -0.4 is 14.2 Å². The van der Waals surface area contributed by atoms with Crippen LogP contribution in [0.2, 0.25) is 0 Å². The number of aromatic hydroxyl groups is 1. The largest absolute Gasteiger partial charge is 0.504 e. The van der Waals surface area contributed by atoms with Crippen molar-refractivity contribution in [1.82, 2.24) is 0 Å². The summed E-state index contributed by atoms with van der Waals surface area (Å²) >= 11 is 0. The molecule has 3 rings (SSSR count). The van der Waals surface area contributed by atoms with Gasteiger partial charge in [-0.2, -0.15) is 0 Å². The molecule has 0 aromatic heterocycles. The van der Waals surface area contributed by atoms with E-state index in [1.54, 1.807) is 24.4 Å². The molecule has 0 saturated heterocycles. The van der Waals surface area contributed by atoms with Crippen LogP contribution >= 0.6 is 0 Å². The Balaban J connectivity index is 1.70. The highest BCUT2D eigenvalue weighted by Crippen LogP contribution is 2.32. The molecule has 1 aliphatic rings. The summed E-state index contributed by atoms with van der Waals surface area (Å²) in [6.07, 6.45) is 1.69. The molecular weight excluding hydrogens is 390 g/mol. The highest BCUT2D eigenvalue weighted by molar-refractivity contribution is 5.83. The van der Waals surface area contributed by atoms with Crippen molar-refractivity contribution in [3.8, 4) is 23.0 Å². The van der Waals surface area contributed by atoms with Gasteiger partial charge in [-0.1, -0.05) is 0 Å². The Bertz CT molecular complexity index is 825. The zero-order valence-corrected chi connectivity index (χ0v) is 17.0. The Morgan fingerprint density at radius 2 is 1.43 bits per heavy atom. The van der Waals surface area contributed by atoms with E-state index in [-0.39, 0.29) is 5.75 Å². The molecule has 8 nitrogen and oxygen atoms in total. The molecule has 0 fully saturated rings. The van der Waals surface area contributed by atoms with E-state index in [0.717, 1.165) is 5.56 Å². The molecule has 0 unspecified atom stereocenters. The Labute approximate surface area is 176 Å². The van der Waals surface area contributed by atoms with E-state index in [4.69, 9.17) is 28.4 Å². The molecule has 30 heavy (non-hydrogen) atoms. The summed E-state index contributed by atoms with van der Waals surface area (Å²) < 4.78 is 33.2. The molecule has 1 aliphatic heterocycles. The fraction of sp³-hybridized carbons (Fsp3) is 0.409. The molecule has 0 saturated carbocycles. The number of rotatable bonds is 3. The lowest BCUT2D eigenvalue weighted by molar-refractivity contribution is 0.00708. The van der Waals surface area contributed by atoms with Crippen molar-refractivity contribution in [2.45, 2.75) is 0 Å². The van der Waals surface area contributed by atoms with Crippen LogP contribution in [-0.2, 0) is 14.2 Å². The lowest BCUT2D eigenvalue weighted by Gasteiger charge is -2.13. The third-order valence-corrected chi connectivity index (χ3v) is 4.21. The van der Waals surface area contributed by atoms with Crippen molar-refractivity contribution >= 4 is 11.9 Å². The summed E-state index contributed by atoms with van der Waals surface area (Å²) in [7, 11) is 1.50. The minimum absolute atomic E-state index is 0.0833. The summed E-state index contributed by atoms with van der Waals surface area (Å²) in [5, 5.41) is 9.71. The molecule has 0 radical (unpaired) electrons. The van der Waals surface area contributed by atoms with Gasteiger partial charge in [-0.3, -0.25) is 4.99 Å². The number of methoxy groups -OCH3 is 1. The maximum absolute atomic E-state index is 9.71. The molecule has 0 atom stereocenters. The number of hydrogen-bond donors (Lipinski definition) is 1. The molecule has 8 heteroatoms. The van der Waals surface area contributed by atoms with Crippen molar-refractivity contribution in [1.29, 1.82) is 0 Å². The molecule has 0 bridgehead atoms. The maximum Gasteiger partial charge on any atom is 0.163 e. The number of hydrogen-bond acceptors (Lipinski definition) is 8. The van der Waals surface area contributed by atoms with E-state index in [2.05, 4.69) is 4.99 Å². The predicted molar refractivity (Wildman–Crippen MR) is 112 cm³/mol. The number of benzene rings is 2. The Kier molecular flexibility index (Phi) is 8.77. The van der Waals surface area contributed by atoms with E-state index in [0.29, 0.717) is 75.8 Å². The second kappa shape index (κ2) is 12.0. The van der Waals surface area contributed by atoms with Crippen molar-refractivity contribution in [3.63, 3.8) is 0 Å². The van der Waals surface area contributed by atoms with Crippen molar-refractivity contribution < 1.29 is 33.5 Å². The maximum atomic E-state index is 9.71.